The molecule has 0 aromatic rings. The molecule has 0 bridgehead atoms. The summed E-state index contributed by atoms with van der Waals surface area (Å²) < 4.78 is 0. The number of nitrogens with one attached hydrogen (secondary N) is 1. The molecular weight excluding hydrogens is 186 g/mol. The molecule has 0 saturated heterocycles. The molecule has 0 amide bonds. The Bertz CT molecular complexity index is 219. The Labute approximate surface area is 94.0 Å². The monoisotopic (exact) mass is 211 g/mol. The highest BCUT2D eigenvalue weighted by molar-refractivity contribution is 5.82. The second-order valence-electron chi connectivity index (χ2n) is 5.20. The quantitative estimate of drug-likeness (QED) is 0.772. The van der Waals surface area contributed by atoms with Gasteiger partial charge in [-0.3, -0.25) is 4.99 Å². The Kier molecular flexibility index (Phi) is 4.58. The zero-order valence-corrected chi connectivity index (χ0v) is 10.6. The summed E-state index contributed by atoms with van der Waals surface area (Å²) in [6.07, 6.45) is 4.99. The van der Waals surface area contributed by atoms with E-state index in [-0.39, 0.29) is 5.54 Å². The van der Waals surface area contributed by atoms with E-state index in [0.29, 0.717) is 0 Å². The fraction of sp³-hybridized carbons (Fsp3) is 0.917. The SMILES string of the molecule is CN(C)C(C)(C)CNC1=NCCCCC1. The second-order valence-corrected chi connectivity index (χ2v) is 5.20. The van der Waals surface area contributed by atoms with Crippen molar-refractivity contribution in [2.75, 3.05) is 27.2 Å². The Hall–Kier alpha value is -0.570. The van der Waals surface area contributed by atoms with Crippen molar-refractivity contribution in [1.82, 2.24) is 10.2 Å². The predicted molar refractivity (Wildman–Crippen MR) is 66.5 cm³/mol. The summed E-state index contributed by atoms with van der Waals surface area (Å²) in [6, 6.07) is 0. The first kappa shape index (κ1) is 12.5. The summed E-state index contributed by atoms with van der Waals surface area (Å²) in [5, 5.41) is 3.49. The summed E-state index contributed by atoms with van der Waals surface area (Å²) in [5.74, 6) is 1.21. The van der Waals surface area contributed by atoms with Gasteiger partial charge in [0.05, 0.1) is 5.84 Å². The highest BCUT2D eigenvalue weighted by Crippen LogP contribution is 2.10. The van der Waals surface area contributed by atoms with Crippen molar-refractivity contribution in [3.8, 4) is 0 Å². The van der Waals surface area contributed by atoms with Crippen molar-refractivity contribution in [2.24, 2.45) is 4.99 Å². The van der Waals surface area contributed by atoms with Gasteiger partial charge in [0, 0.05) is 25.0 Å². The van der Waals surface area contributed by atoms with E-state index in [1.54, 1.807) is 0 Å². The molecule has 0 atom stereocenters. The first-order valence-corrected chi connectivity index (χ1v) is 5.97. The fourth-order valence-corrected chi connectivity index (χ4v) is 1.49. The van der Waals surface area contributed by atoms with Crippen molar-refractivity contribution in [3.05, 3.63) is 0 Å². The molecular formula is C12H25N3. The minimum Gasteiger partial charge on any atom is -0.372 e. The zero-order chi connectivity index (χ0) is 11.3. The Balaban J connectivity index is 2.38. The molecule has 0 spiro atoms. The molecule has 1 aliphatic rings. The van der Waals surface area contributed by atoms with Crippen molar-refractivity contribution < 1.29 is 0 Å². The summed E-state index contributed by atoms with van der Waals surface area (Å²) in [4.78, 5) is 6.82. The van der Waals surface area contributed by atoms with Crippen molar-refractivity contribution in [2.45, 2.75) is 45.1 Å². The van der Waals surface area contributed by atoms with E-state index in [1.165, 1.54) is 25.1 Å². The summed E-state index contributed by atoms with van der Waals surface area (Å²) in [6.45, 7) is 6.47. The van der Waals surface area contributed by atoms with E-state index in [9.17, 15) is 0 Å². The third-order valence-corrected chi connectivity index (χ3v) is 3.31. The van der Waals surface area contributed by atoms with Crippen LogP contribution in [0.3, 0.4) is 0 Å². The molecule has 3 nitrogen and oxygen atoms in total. The predicted octanol–water partition coefficient (Wildman–Crippen LogP) is 1.89. The van der Waals surface area contributed by atoms with E-state index < -0.39 is 0 Å². The van der Waals surface area contributed by atoms with Gasteiger partial charge in [-0.25, -0.2) is 0 Å². The number of hydrogen-bond donors (Lipinski definition) is 1. The molecule has 0 aromatic heterocycles. The van der Waals surface area contributed by atoms with Gasteiger partial charge in [0.1, 0.15) is 0 Å². The van der Waals surface area contributed by atoms with E-state index >= 15 is 0 Å². The second kappa shape index (κ2) is 5.50. The molecule has 3 heteroatoms. The third-order valence-electron chi connectivity index (χ3n) is 3.31. The fourth-order valence-electron chi connectivity index (χ4n) is 1.49. The standard InChI is InChI=1S/C12H25N3/c1-12(2,15(3)4)10-14-11-8-6-5-7-9-13-11/h5-10H2,1-4H3,(H,13,14). The number of nitrogens with zero attached hydrogens (tertiary/aromatic N) is 2. The van der Waals surface area contributed by atoms with E-state index in [1.807, 2.05) is 0 Å². The van der Waals surface area contributed by atoms with Crippen LogP contribution in [0.4, 0.5) is 0 Å². The van der Waals surface area contributed by atoms with Crippen molar-refractivity contribution in [3.63, 3.8) is 0 Å². The van der Waals surface area contributed by atoms with Gasteiger partial charge in [-0.1, -0.05) is 6.42 Å². The summed E-state index contributed by atoms with van der Waals surface area (Å²) >= 11 is 0. The number of rotatable bonds is 3. The normalized spacial score (nSPS) is 18.6. The molecule has 1 aliphatic heterocycles. The first-order chi connectivity index (χ1) is 7.02. The lowest BCUT2D eigenvalue weighted by Crippen LogP contribution is -2.48. The first-order valence-electron chi connectivity index (χ1n) is 5.97. The van der Waals surface area contributed by atoms with Crippen LogP contribution in [0.15, 0.2) is 4.99 Å². The molecule has 15 heavy (non-hydrogen) atoms. The van der Waals surface area contributed by atoms with Gasteiger partial charge in [-0.05, 0) is 40.8 Å². The van der Waals surface area contributed by atoms with Crippen LogP contribution in [0.25, 0.3) is 0 Å². The number of amidine groups is 1. The van der Waals surface area contributed by atoms with Gasteiger partial charge in [-0.2, -0.15) is 0 Å². The van der Waals surface area contributed by atoms with Gasteiger partial charge in [0.25, 0.3) is 0 Å². The van der Waals surface area contributed by atoms with Crippen LogP contribution in [0, 0.1) is 0 Å². The highest BCUT2D eigenvalue weighted by atomic mass is 15.2. The Morgan fingerprint density at radius 2 is 2.00 bits per heavy atom. The molecule has 1 rings (SSSR count). The van der Waals surface area contributed by atoms with Crippen LogP contribution < -0.4 is 5.32 Å². The van der Waals surface area contributed by atoms with Gasteiger partial charge < -0.3 is 10.2 Å². The maximum Gasteiger partial charge on any atom is 0.0963 e. The minimum atomic E-state index is 0.189. The number of likely N-dealkylation sites (N-methyl/N-ethyl adjacent to an activating group) is 1. The molecule has 1 heterocycles. The average molecular weight is 211 g/mol. The van der Waals surface area contributed by atoms with Crippen LogP contribution >= 0.6 is 0 Å². The largest absolute Gasteiger partial charge is 0.372 e. The van der Waals surface area contributed by atoms with Crippen LogP contribution in [-0.4, -0.2) is 43.5 Å². The van der Waals surface area contributed by atoms with Gasteiger partial charge >= 0.3 is 0 Å². The minimum absolute atomic E-state index is 0.189. The van der Waals surface area contributed by atoms with Crippen LogP contribution in [0.2, 0.25) is 0 Å². The highest BCUT2D eigenvalue weighted by Gasteiger charge is 2.20. The van der Waals surface area contributed by atoms with E-state index in [0.717, 1.165) is 19.5 Å². The van der Waals surface area contributed by atoms with Gasteiger partial charge in [-0.15, -0.1) is 0 Å². The van der Waals surface area contributed by atoms with Crippen LogP contribution in [0.5, 0.6) is 0 Å². The summed E-state index contributed by atoms with van der Waals surface area (Å²) in [5.41, 5.74) is 0.189. The Morgan fingerprint density at radius 3 is 2.67 bits per heavy atom. The van der Waals surface area contributed by atoms with Crippen LogP contribution in [-0.2, 0) is 0 Å². The summed E-state index contributed by atoms with van der Waals surface area (Å²) in [7, 11) is 4.24. The molecule has 0 fully saturated rings. The molecule has 0 radical (unpaired) electrons. The number of hydrogen-bond acceptors (Lipinski definition) is 3. The average Bonchev–Trinajstić information content (AvgIpc) is 2.42. The maximum atomic E-state index is 4.57. The number of aliphatic imine (C=N–C) groups is 1. The maximum absolute atomic E-state index is 4.57. The van der Waals surface area contributed by atoms with Crippen molar-refractivity contribution >= 4 is 5.84 Å². The molecule has 0 aromatic carbocycles. The smallest absolute Gasteiger partial charge is 0.0963 e. The third kappa shape index (κ3) is 4.20. The van der Waals surface area contributed by atoms with Crippen LogP contribution in [0.1, 0.15) is 39.5 Å². The molecule has 88 valence electrons. The van der Waals surface area contributed by atoms with E-state index in [4.69, 9.17) is 0 Å². The van der Waals surface area contributed by atoms with Crippen molar-refractivity contribution in [1.29, 1.82) is 0 Å². The molecule has 0 saturated carbocycles. The van der Waals surface area contributed by atoms with E-state index in [2.05, 4.69) is 43.2 Å². The molecule has 0 aliphatic carbocycles. The van der Waals surface area contributed by atoms with Gasteiger partial charge in [0.2, 0.25) is 0 Å². The molecule has 1 N–H and O–H groups in total. The Morgan fingerprint density at radius 1 is 1.27 bits per heavy atom. The van der Waals surface area contributed by atoms with Gasteiger partial charge in [0.15, 0.2) is 0 Å². The molecule has 0 unspecified atom stereocenters. The topological polar surface area (TPSA) is 27.6 Å². The lowest BCUT2D eigenvalue weighted by atomic mass is 10.0. The zero-order valence-electron chi connectivity index (χ0n) is 10.6. The lowest BCUT2D eigenvalue weighted by Gasteiger charge is -2.33. The lowest BCUT2D eigenvalue weighted by molar-refractivity contribution is 0.197.